The number of benzene rings is 1. The minimum atomic E-state index is 0.109. The largest absolute Gasteiger partial charge is 0.496 e. The first-order chi connectivity index (χ1) is 7.63. The van der Waals surface area contributed by atoms with Gasteiger partial charge in [0.1, 0.15) is 5.75 Å². The molecule has 0 N–H and O–H groups in total. The molecular formula is C14H18O2. The van der Waals surface area contributed by atoms with E-state index in [1.807, 2.05) is 25.1 Å². The third-order valence-corrected chi connectivity index (χ3v) is 2.43. The zero-order valence-electron chi connectivity index (χ0n) is 10.1. The van der Waals surface area contributed by atoms with Crippen molar-refractivity contribution in [2.24, 2.45) is 0 Å². The van der Waals surface area contributed by atoms with Gasteiger partial charge in [0.15, 0.2) is 5.78 Å². The van der Waals surface area contributed by atoms with Crippen LogP contribution in [-0.2, 0) is 11.2 Å². The Hall–Kier alpha value is -1.57. The van der Waals surface area contributed by atoms with Crippen molar-refractivity contribution >= 4 is 5.78 Å². The topological polar surface area (TPSA) is 26.3 Å². The van der Waals surface area contributed by atoms with Crippen LogP contribution >= 0.6 is 0 Å². The Bertz CT molecular complexity index is 391. The van der Waals surface area contributed by atoms with Gasteiger partial charge in [-0.1, -0.05) is 23.8 Å². The van der Waals surface area contributed by atoms with E-state index in [4.69, 9.17) is 4.74 Å². The number of para-hydroxylation sites is 1. The van der Waals surface area contributed by atoms with Crippen molar-refractivity contribution in [3.63, 3.8) is 0 Å². The number of carbonyl (C=O) groups is 1. The van der Waals surface area contributed by atoms with Gasteiger partial charge in [-0.15, -0.1) is 0 Å². The summed E-state index contributed by atoms with van der Waals surface area (Å²) < 4.78 is 5.27. The lowest BCUT2D eigenvalue weighted by molar-refractivity contribution is -0.112. The second-order valence-electron chi connectivity index (χ2n) is 3.91. The lowest BCUT2D eigenvalue weighted by atomic mass is 10.0. The molecule has 2 nitrogen and oxygen atoms in total. The Morgan fingerprint density at radius 2 is 2.00 bits per heavy atom. The minimum Gasteiger partial charge on any atom is -0.496 e. The smallest absolute Gasteiger partial charge is 0.152 e. The molecule has 0 aromatic heterocycles. The molecule has 0 amide bonds. The van der Waals surface area contributed by atoms with Crippen LogP contribution in [0.2, 0.25) is 0 Å². The standard InChI is InChI=1S/C14H18O2/c1-11(10-12(2)15)8-9-13-6-4-5-7-14(13)16-3/h4-7,10H,8-9H2,1-3H3/b11-10-. The molecule has 0 bridgehead atoms. The molecule has 1 rings (SSSR count). The maximum atomic E-state index is 10.9. The fourth-order valence-corrected chi connectivity index (χ4v) is 1.66. The third kappa shape index (κ3) is 3.89. The van der Waals surface area contributed by atoms with E-state index in [0.29, 0.717) is 0 Å². The summed E-state index contributed by atoms with van der Waals surface area (Å²) in [6, 6.07) is 7.97. The van der Waals surface area contributed by atoms with Gasteiger partial charge < -0.3 is 4.74 Å². The molecule has 2 heteroatoms. The van der Waals surface area contributed by atoms with Gasteiger partial charge in [0.2, 0.25) is 0 Å². The van der Waals surface area contributed by atoms with Crippen LogP contribution in [0, 0.1) is 0 Å². The first-order valence-electron chi connectivity index (χ1n) is 5.43. The first-order valence-corrected chi connectivity index (χ1v) is 5.43. The maximum absolute atomic E-state index is 10.9. The molecule has 0 saturated heterocycles. The summed E-state index contributed by atoms with van der Waals surface area (Å²) in [4.78, 5) is 10.9. The fraction of sp³-hybridized carbons (Fsp3) is 0.357. The number of hydrogen-bond donors (Lipinski definition) is 0. The first kappa shape index (κ1) is 12.5. The number of ketones is 1. The summed E-state index contributed by atoms with van der Waals surface area (Å²) in [5.74, 6) is 1.02. The maximum Gasteiger partial charge on any atom is 0.152 e. The van der Waals surface area contributed by atoms with Crippen LogP contribution in [0.25, 0.3) is 0 Å². The van der Waals surface area contributed by atoms with Gasteiger partial charge in [0.05, 0.1) is 7.11 Å². The van der Waals surface area contributed by atoms with E-state index in [1.54, 1.807) is 20.1 Å². The summed E-state index contributed by atoms with van der Waals surface area (Å²) in [7, 11) is 1.68. The van der Waals surface area contributed by atoms with E-state index in [2.05, 4.69) is 6.07 Å². The molecule has 1 aromatic carbocycles. The van der Waals surface area contributed by atoms with Crippen LogP contribution in [0.3, 0.4) is 0 Å². The highest BCUT2D eigenvalue weighted by Crippen LogP contribution is 2.20. The quantitative estimate of drug-likeness (QED) is 0.709. The Morgan fingerprint density at radius 1 is 1.31 bits per heavy atom. The predicted molar refractivity (Wildman–Crippen MR) is 65.8 cm³/mol. The highest BCUT2D eigenvalue weighted by atomic mass is 16.5. The third-order valence-electron chi connectivity index (χ3n) is 2.43. The summed E-state index contributed by atoms with van der Waals surface area (Å²) in [6.45, 7) is 3.56. The normalized spacial score (nSPS) is 11.3. The van der Waals surface area contributed by atoms with Crippen LogP contribution in [0.1, 0.15) is 25.8 Å². The average Bonchev–Trinajstić information content (AvgIpc) is 2.26. The monoisotopic (exact) mass is 218 g/mol. The number of allylic oxidation sites excluding steroid dienone is 2. The van der Waals surface area contributed by atoms with Crippen molar-refractivity contribution in [2.45, 2.75) is 26.7 Å². The number of hydrogen-bond acceptors (Lipinski definition) is 2. The molecule has 0 unspecified atom stereocenters. The Morgan fingerprint density at radius 3 is 2.62 bits per heavy atom. The van der Waals surface area contributed by atoms with E-state index in [-0.39, 0.29) is 5.78 Å². The van der Waals surface area contributed by atoms with Gasteiger partial charge in [-0.3, -0.25) is 4.79 Å². The molecule has 86 valence electrons. The molecule has 0 aliphatic heterocycles. The van der Waals surface area contributed by atoms with Gasteiger partial charge in [-0.25, -0.2) is 0 Å². The van der Waals surface area contributed by atoms with Gasteiger partial charge >= 0.3 is 0 Å². The second kappa shape index (κ2) is 6.11. The van der Waals surface area contributed by atoms with Gasteiger partial charge in [-0.2, -0.15) is 0 Å². The van der Waals surface area contributed by atoms with E-state index < -0.39 is 0 Å². The van der Waals surface area contributed by atoms with E-state index >= 15 is 0 Å². The molecule has 0 radical (unpaired) electrons. The molecule has 0 aliphatic rings. The molecule has 16 heavy (non-hydrogen) atoms. The van der Waals surface area contributed by atoms with E-state index in [0.717, 1.165) is 24.2 Å². The molecule has 0 saturated carbocycles. The molecule has 0 spiro atoms. The van der Waals surface area contributed by atoms with Crippen LogP contribution in [-0.4, -0.2) is 12.9 Å². The lowest BCUT2D eigenvalue weighted by Crippen LogP contribution is -1.93. The Kier molecular flexibility index (Phi) is 4.77. The molecule has 0 fully saturated rings. The van der Waals surface area contributed by atoms with Crippen molar-refractivity contribution in [3.8, 4) is 5.75 Å². The summed E-state index contributed by atoms with van der Waals surface area (Å²) >= 11 is 0. The van der Waals surface area contributed by atoms with Gasteiger partial charge in [0, 0.05) is 0 Å². The van der Waals surface area contributed by atoms with Gasteiger partial charge in [-0.05, 0) is 44.4 Å². The predicted octanol–water partition coefficient (Wildman–Crippen LogP) is 3.16. The van der Waals surface area contributed by atoms with Crippen molar-refractivity contribution < 1.29 is 9.53 Å². The van der Waals surface area contributed by atoms with Crippen LogP contribution in [0.5, 0.6) is 5.75 Å². The number of methoxy groups -OCH3 is 1. The van der Waals surface area contributed by atoms with Gasteiger partial charge in [0.25, 0.3) is 0 Å². The molecular weight excluding hydrogens is 200 g/mol. The zero-order chi connectivity index (χ0) is 12.0. The van der Waals surface area contributed by atoms with Crippen LogP contribution < -0.4 is 4.74 Å². The number of carbonyl (C=O) groups excluding carboxylic acids is 1. The summed E-state index contributed by atoms with van der Waals surface area (Å²) in [5.41, 5.74) is 2.29. The highest BCUT2D eigenvalue weighted by Gasteiger charge is 2.01. The fourth-order valence-electron chi connectivity index (χ4n) is 1.66. The van der Waals surface area contributed by atoms with Crippen LogP contribution in [0.15, 0.2) is 35.9 Å². The minimum absolute atomic E-state index is 0.109. The SMILES string of the molecule is COc1ccccc1CC/C(C)=C\C(C)=O. The van der Waals surface area contributed by atoms with Crippen molar-refractivity contribution in [1.82, 2.24) is 0 Å². The Labute approximate surface area is 96.9 Å². The second-order valence-corrected chi connectivity index (χ2v) is 3.91. The van der Waals surface area contributed by atoms with Crippen molar-refractivity contribution in [3.05, 3.63) is 41.5 Å². The highest BCUT2D eigenvalue weighted by molar-refractivity contribution is 5.87. The average molecular weight is 218 g/mol. The number of rotatable bonds is 5. The molecule has 0 heterocycles. The van der Waals surface area contributed by atoms with E-state index in [9.17, 15) is 4.79 Å². The summed E-state index contributed by atoms with van der Waals surface area (Å²) in [5, 5.41) is 0. The number of aryl methyl sites for hydroxylation is 1. The Balaban J connectivity index is 2.64. The molecule has 0 aliphatic carbocycles. The van der Waals surface area contributed by atoms with Crippen LogP contribution in [0.4, 0.5) is 0 Å². The van der Waals surface area contributed by atoms with Crippen molar-refractivity contribution in [1.29, 1.82) is 0 Å². The van der Waals surface area contributed by atoms with E-state index in [1.165, 1.54) is 5.56 Å². The zero-order valence-corrected chi connectivity index (χ0v) is 10.1. The van der Waals surface area contributed by atoms with Crippen molar-refractivity contribution in [2.75, 3.05) is 7.11 Å². The number of ether oxygens (including phenoxy) is 1. The molecule has 1 aromatic rings. The lowest BCUT2D eigenvalue weighted by Gasteiger charge is -2.07. The molecule has 0 atom stereocenters. The summed E-state index contributed by atoms with van der Waals surface area (Å²) in [6.07, 6.45) is 3.48.